The first-order chi connectivity index (χ1) is 22.1. The number of carbonyl (C=O) groups excluding carboxylic acids is 1. The molecule has 45 heavy (non-hydrogen) atoms. The minimum Gasteiger partial charge on any atom is -0.454 e. The number of aryl methyl sites for hydroxylation is 1. The lowest BCUT2D eigenvalue weighted by Gasteiger charge is -2.28. The predicted octanol–water partition coefficient (Wildman–Crippen LogP) is 6.06. The molecule has 0 bridgehead atoms. The summed E-state index contributed by atoms with van der Waals surface area (Å²) in [7, 11) is 0. The third-order valence-corrected chi connectivity index (χ3v) is 9.05. The maximum absolute atomic E-state index is 11.9. The summed E-state index contributed by atoms with van der Waals surface area (Å²) in [5.41, 5.74) is 11.1. The van der Waals surface area contributed by atoms with Crippen molar-refractivity contribution in [3.63, 3.8) is 0 Å². The number of nitrogens with two attached hydrogens (primary N) is 1. The molecule has 0 radical (unpaired) electrons. The van der Waals surface area contributed by atoms with Crippen molar-refractivity contribution in [2.24, 2.45) is 11.7 Å². The molecule has 1 unspecified atom stereocenters. The van der Waals surface area contributed by atoms with Crippen LogP contribution < -0.4 is 25.4 Å². The number of aromatic nitrogens is 2. The third kappa shape index (κ3) is 7.60. The number of morpholine rings is 1. The Bertz CT molecular complexity index is 1530. The van der Waals surface area contributed by atoms with Crippen molar-refractivity contribution in [1.82, 2.24) is 14.9 Å². The first-order valence-corrected chi connectivity index (χ1v) is 16.4. The van der Waals surface area contributed by atoms with Crippen molar-refractivity contribution in [2.45, 2.75) is 58.0 Å². The Morgan fingerprint density at radius 2 is 1.69 bits per heavy atom. The average Bonchev–Trinajstić information content (AvgIpc) is 3.72. The van der Waals surface area contributed by atoms with E-state index in [4.69, 9.17) is 24.9 Å². The van der Waals surface area contributed by atoms with Gasteiger partial charge in [0.05, 0.1) is 24.2 Å². The van der Waals surface area contributed by atoms with E-state index in [-0.39, 0.29) is 11.9 Å². The number of nitrogens with one attached hydrogen (secondary N) is 1. The number of ether oxygens (including phenoxy) is 3. The molecule has 4 aromatic rings. The smallest absolute Gasteiger partial charge is 0.231 e. The fourth-order valence-corrected chi connectivity index (χ4v) is 6.60. The number of nitrogens with zero attached hydrogens (tertiary/aromatic N) is 3. The molecule has 0 spiro atoms. The summed E-state index contributed by atoms with van der Waals surface area (Å²) in [6.07, 6.45) is 6.79. The molecule has 1 atom stereocenters. The summed E-state index contributed by atoms with van der Waals surface area (Å²) < 4.78 is 17.9. The molecule has 3 heterocycles. The number of hydrogen-bond donors (Lipinski definition) is 2. The normalized spacial score (nSPS) is 17.1. The highest BCUT2D eigenvalue weighted by Crippen LogP contribution is 2.31. The van der Waals surface area contributed by atoms with E-state index < -0.39 is 0 Å². The molecule has 1 saturated carbocycles. The zero-order valence-electron chi connectivity index (χ0n) is 26.2. The Morgan fingerprint density at radius 3 is 2.36 bits per heavy atom. The lowest BCUT2D eigenvalue weighted by atomic mass is 9.89. The summed E-state index contributed by atoms with van der Waals surface area (Å²) in [4.78, 5) is 19.3. The number of hydrogen-bond acceptors (Lipinski definition) is 7. The Labute approximate surface area is 265 Å². The molecule has 3 aliphatic rings. The molecule has 1 amide bonds. The predicted molar refractivity (Wildman–Crippen MR) is 178 cm³/mol. The van der Waals surface area contributed by atoms with E-state index in [1.54, 1.807) is 0 Å². The molecule has 3 N–H and O–H groups in total. The highest BCUT2D eigenvalue weighted by atomic mass is 16.7. The summed E-state index contributed by atoms with van der Waals surface area (Å²) in [5.74, 6) is 3.07. The third-order valence-electron chi connectivity index (χ3n) is 9.05. The minimum atomic E-state index is -0.281. The fraction of sp³-hybridized carbons (Fsp3) is 0.444. The fourth-order valence-electron chi connectivity index (χ4n) is 6.60. The van der Waals surface area contributed by atoms with Crippen molar-refractivity contribution in [1.29, 1.82) is 0 Å². The largest absolute Gasteiger partial charge is 0.454 e. The summed E-state index contributed by atoms with van der Waals surface area (Å²) >= 11 is 0. The van der Waals surface area contributed by atoms with Gasteiger partial charge in [-0.1, -0.05) is 37.5 Å². The van der Waals surface area contributed by atoms with Gasteiger partial charge in [-0.05, 0) is 86.3 Å². The molecular formula is C36H45N5O4. The van der Waals surface area contributed by atoms with Gasteiger partial charge in [0.15, 0.2) is 11.5 Å². The molecule has 2 fully saturated rings. The maximum Gasteiger partial charge on any atom is 0.231 e. The standard InChI is InChI=1S/C29H39N5O2.C7H6O2/c1-2-34-27-13-10-23(25(19-28(30)35)31-20-21-6-4-3-5-7-21)18-26(27)32-29(34)22-8-11-24(12-9-22)33-14-16-36-17-15-33;1-2-4-7-6(3-1)8-5-9-7/h8-13,18,21,25,31H,2-7,14-17,19-20H2,1H3,(H2,30,35);1-4H,5H2. The van der Waals surface area contributed by atoms with E-state index in [0.29, 0.717) is 19.1 Å². The first kappa shape index (κ1) is 30.9. The van der Waals surface area contributed by atoms with Crippen LogP contribution in [0, 0.1) is 5.92 Å². The van der Waals surface area contributed by atoms with Gasteiger partial charge in [-0.2, -0.15) is 0 Å². The van der Waals surface area contributed by atoms with Crippen LogP contribution in [0.25, 0.3) is 22.4 Å². The summed E-state index contributed by atoms with van der Waals surface area (Å²) in [5, 5.41) is 3.66. The van der Waals surface area contributed by atoms with Crippen LogP contribution in [0.4, 0.5) is 5.69 Å². The zero-order valence-corrected chi connectivity index (χ0v) is 26.2. The highest BCUT2D eigenvalue weighted by molar-refractivity contribution is 5.82. The number of imidazole rings is 1. The van der Waals surface area contributed by atoms with Crippen molar-refractivity contribution in [3.8, 4) is 22.9 Å². The molecular weight excluding hydrogens is 566 g/mol. The average molecular weight is 612 g/mol. The van der Waals surface area contributed by atoms with Gasteiger partial charge in [-0.15, -0.1) is 0 Å². The Hall–Kier alpha value is -4.08. The van der Waals surface area contributed by atoms with Gasteiger partial charge in [0.1, 0.15) is 5.82 Å². The number of anilines is 1. The molecule has 1 aromatic heterocycles. The molecule has 1 saturated heterocycles. The van der Waals surface area contributed by atoms with Crippen molar-refractivity contribution < 1.29 is 19.0 Å². The van der Waals surface area contributed by atoms with Gasteiger partial charge in [-0.25, -0.2) is 4.98 Å². The van der Waals surface area contributed by atoms with E-state index in [2.05, 4.69) is 64.2 Å². The Morgan fingerprint density at radius 1 is 0.978 bits per heavy atom. The van der Waals surface area contributed by atoms with Crippen LogP contribution in [0.3, 0.4) is 0 Å². The van der Waals surface area contributed by atoms with Gasteiger partial charge in [0, 0.05) is 43.3 Å². The number of primary amides is 1. The van der Waals surface area contributed by atoms with Gasteiger partial charge < -0.3 is 34.7 Å². The van der Waals surface area contributed by atoms with Crippen molar-refractivity contribution in [3.05, 3.63) is 72.3 Å². The molecule has 9 nitrogen and oxygen atoms in total. The van der Waals surface area contributed by atoms with Crippen LogP contribution >= 0.6 is 0 Å². The number of rotatable bonds is 9. The molecule has 2 aliphatic heterocycles. The second kappa shape index (κ2) is 14.8. The van der Waals surface area contributed by atoms with Gasteiger partial charge in [0.25, 0.3) is 0 Å². The van der Waals surface area contributed by atoms with Crippen LogP contribution in [0.5, 0.6) is 11.5 Å². The van der Waals surface area contributed by atoms with Crippen LogP contribution in [0.2, 0.25) is 0 Å². The number of fused-ring (bicyclic) bond motifs is 2. The lowest BCUT2D eigenvalue weighted by Crippen LogP contribution is -2.36. The van der Waals surface area contributed by atoms with Gasteiger partial charge in [0.2, 0.25) is 12.7 Å². The number of carbonyl (C=O) groups is 1. The van der Waals surface area contributed by atoms with E-state index in [1.807, 2.05) is 24.3 Å². The molecule has 1 aliphatic carbocycles. The monoisotopic (exact) mass is 611 g/mol. The van der Waals surface area contributed by atoms with Crippen molar-refractivity contribution in [2.75, 3.05) is 44.5 Å². The second-order valence-corrected chi connectivity index (χ2v) is 12.1. The second-order valence-electron chi connectivity index (χ2n) is 12.1. The molecule has 238 valence electrons. The van der Waals surface area contributed by atoms with E-state index >= 15 is 0 Å². The highest BCUT2D eigenvalue weighted by Gasteiger charge is 2.21. The number of benzene rings is 3. The van der Waals surface area contributed by atoms with Gasteiger partial charge in [-0.3, -0.25) is 4.79 Å². The van der Waals surface area contributed by atoms with Gasteiger partial charge >= 0.3 is 0 Å². The number of para-hydroxylation sites is 2. The Kier molecular flexibility index (Phi) is 10.2. The SMILES string of the molecule is CCn1c(-c2ccc(N3CCOCC3)cc2)nc2cc(C(CC(N)=O)NCC3CCCCC3)ccc21.c1ccc2c(c1)OCO2. The van der Waals surface area contributed by atoms with E-state index in [1.165, 1.54) is 37.8 Å². The summed E-state index contributed by atoms with van der Waals surface area (Å²) in [6.45, 7) is 7.69. The topological polar surface area (TPSA) is 104 Å². The zero-order chi connectivity index (χ0) is 31.0. The minimum absolute atomic E-state index is 0.0862. The maximum atomic E-state index is 11.9. The van der Waals surface area contributed by atoms with Crippen LogP contribution in [-0.4, -0.2) is 55.1 Å². The van der Waals surface area contributed by atoms with E-state index in [9.17, 15) is 4.79 Å². The number of amides is 1. The van der Waals surface area contributed by atoms with Crippen LogP contribution in [-0.2, 0) is 16.1 Å². The first-order valence-electron chi connectivity index (χ1n) is 16.4. The Balaban J connectivity index is 0.000000337. The molecule has 3 aromatic carbocycles. The van der Waals surface area contributed by atoms with E-state index in [0.717, 1.165) is 78.9 Å². The van der Waals surface area contributed by atoms with Crippen LogP contribution in [0.15, 0.2) is 66.7 Å². The van der Waals surface area contributed by atoms with Crippen molar-refractivity contribution >= 4 is 22.6 Å². The molecule has 7 rings (SSSR count). The lowest BCUT2D eigenvalue weighted by molar-refractivity contribution is -0.118. The summed E-state index contributed by atoms with van der Waals surface area (Å²) in [6, 6.07) is 22.7. The molecule has 9 heteroatoms. The van der Waals surface area contributed by atoms with Crippen LogP contribution in [0.1, 0.15) is 57.1 Å². The quantitative estimate of drug-likeness (QED) is 0.237.